The van der Waals surface area contributed by atoms with Crippen molar-refractivity contribution in [1.82, 2.24) is 10.2 Å². The van der Waals surface area contributed by atoms with Crippen molar-refractivity contribution in [2.24, 2.45) is 5.92 Å². The SMILES string of the molecule is O=C1c2cc(F)c(F)cc2C(=O)N1CC1CCCNC1. The van der Waals surface area contributed by atoms with Gasteiger partial charge < -0.3 is 5.32 Å². The molecule has 4 nitrogen and oxygen atoms in total. The van der Waals surface area contributed by atoms with Crippen molar-refractivity contribution in [2.75, 3.05) is 19.6 Å². The minimum atomic E-state index is -1.11. The summed E-state index contributed by atoms with van der Waals surface area (Å²) in [6.07, 6.45) is 1.93. The highest BCUT2D eigenvalue weighted by Crippen LogP contribution is 2.27. The molecular weight excluding hydrogens is 266 g/mol. The maximum absolute atomic E-state index is 13.2. The Morgan fingerprint density at radius 3 is 2.25 bits per heavy atom. The lowest BCUT2D eigenvalue weighted by Gasteiger charge is -2.26. The topological polar surface area (TPSA) is 49.4 Å². The first kappa shape index (κ1) is 13.2. The summed E-state index contributed by atoms with van der Waals surface area (Å²) in [7, 11) is 0. The number of amides is 2. The number of benzene rings is 1. The van der Waals surface area contributed by atoms with Crippen molar-refractivity contribution in [2.45, 2.75) is 12.8 Å². The molecule has 6 heteroatoms. The number of nitrogens with one attached hydrogen (secondary N) is 1. The summed E-state index contributed by atoms with van der Waals surface area (Å²) < 4.78 is 26.4. The van der Waals surface area contributed by atoms with Gasteiger partial charge in [0, 0.05) is 6.54 Å². The summed E-state index contributed by atoms with van der Waals surface area (Å²) in [6.45, 7) is 1.98. The van der Waals surface area contributed by atoms with Gasteiger partial charge >= 0.3 is 0 Å². The molecule has 1 fully saturated rings. The number of carbonyl (C=O) groups is 2. The fraction of sp³-hybridized carbons (Fsp3) is 0.429. The fourth-order valence-corrected chi connectivity index (χ4v) is 2.79. The van der Waals surface area contributed by atoms with E-state index in [1.165, 1.54) is 0 Å². The van der Waals surface area contributed by atoms with E-state index >= 15 is 0 Å². The molecule has 2 heterocycles. The van der Waals surface area contributed by atoms with E-state index in [9.17, 15) is 18.4 Å². The Morgan fingerprint density at radius 2 is 1.75 bits per heavy atom. The monoisotopic (exact) mass is 280 g/mol. The van der Waals surface area contributed by atoms with Gasteiger partial charge in [0.25, 0.3) is 11.8 Å². The first-order valence-electron chi connectivity index (χ1n) is 6.64. The Kier molecular flexibility index (Phi) is 3.25. The van der Waals surface area contributed by atoms with Gasteiger partial charge in [0.15, 0.2) is 11.6 Å². The molecule has 1 saturated heterocycles. The van der Waals surface area contributed by atoms with E-state index in [1.54, 1.807) is 0 Å². The molecule has 0 aliphatic carbocycles. The lowest BCUT2D eigenvalue weighted by atomic mass is 9.99. The Labute approximate surface area is 114 Å². The predicted molar refractivity (Wildman–Crippen MR) is 67.3 cm³/mol. The number of piperidine rings is 1. The molecule has 0 bridgehead atoms. The lowest BCUT2D eigenvalue weighted by molar-refractivity contribution is 0.0621. The van der Waals surface area contributed by atoms with Gasteiger partial charge in [0.1, 0.15) is 0 Å². The van der Waals surface area contributed by atoms with Crippen LogP contribution in [0, 0.1) is 17.6 Å². The normalized spacial score (nSPS) is 22.3. The molecule has 0 spiro atoms. The molecule has 106 valence electrons. The molecular formula is C14H14F2N2O2. The quantitative estimate of drug-likeness (QED) is 0.836. The molecule has 1 aromatic carbocycles. The lowest BCUT2D eigenvalue weighted by Crippen LogP contribution is -2.40. The van der Waals surface area contributed by atoms with Crippen molar-refractivity contribution in [3.8, 4) is 0 Å². The van der Waals surface area contributed by atoms with E-state index in [4.69, 9.17) is 0 Å². The number of nitrogens with zero attached hydrogens (tertiary/aromatic N) is 1. The molecule has 20 heavy (non-hydrogen) atoms. The van der Waals surface area contributed by atoms with Crippen LogP contribution in [0.25, 0.3) is 0 Å². The Balaban J connectivity index is 1.85. The second-order valence-electron chi connectivity index (χ2n) is 5.25. The van der Waals surface area contributed by atoms with Gasteiger partial charge in [0.05, 0.1) is 11.1 Å². The van der Waals surface area contributed by atoms with Crippen LogP contribution in [0.4, 0.5) is 8.78 Å². The zero-order chi connectivity index (χ0) is 14.3. The molecule has 1 aromatic rings. The number of carbonyl (C=O) groups excluding carboxylic acids is 2. The molecule has 2 aliphatic rings. The molecule has 3 rings (SSSR count). The maximum atomic E-state index is 13.2. The molecule has 0 aromatic heterocycles. The number of hydrogen-bond acceptors (Lipinski definition) is 3. The molecule has 2 aliphatic heterocycles. The zero-order valence-corrected chi connectivity index (χ0v) is 10.8. The second-order valence-corrected chi connectivity index (χ2v) is 5.25. The summed E-state index contributed by atoms with van der Waals surface area (Å²) >= 11 is 0. The van der Waals surface area contributed by atoms with Gasteiger partial charge in [0.2, 0.25) is 0 Å². The van der Waals surface area contributed by atoms with Crippen LogP contribution in [0.3, 0.4) is 0 Å². The molecule has 2 amide bonds. The van der Waals surface area contributed by atoms with Crippen LogP contribution in [0.15, 0.2) is 12.1 Å². The number of halogens is 2. The second kappa shape index (κ2) is 4.94. The third-order valence-electron chi connectivity index (χ3n) is 3.85. The van der Waals surface area contributed by atoms with Crippen molar-refractivity contribution in [1.29, 1.82) is 0 Å². The maximum Gasteiger partial charge on any atom is 0.261 e. The predicted octanol–water partition coefficient (Wildman–Crippen LogP) is 1.56. The summed E-state index contributed by atoms with van der Waals surface area (Å²) in [5, 5.41) is 3.21. The number of rotatable bonds is 2. The fourth-order valence-electron chi connectivity index (χ4n) is 2.79. The van der Waals surface area contributed by atoms with E-state index in [2.05, 4.69) is 5.32 Å². The minimum Gasteiger partial charge on any atom is -0.316 e. The zero-order valence-electron chi connectivity index (χ0n) is 10.8. The summed E-state index contributed by atoms with van der Waals surface area (Å²) in [5.74, 6) is -3.08. The largest absolute Gasteiger partial charge is 0.316 e. The third-order valence-corrected chi connectivity index (χ3v) is 3.85. The van der Waals surface area contributed by atoms with Crippen LogP contribution in [-0.4, -0.2) is 36.3 Å². The van der Waals surface area contributed by atoms with Crippen LogP contribution in [0.5, 0.6) is 0 Å². The van der Waals surface area contributed by atoms with E-state index in [-0.39, 0.29) is 17.0 Å². The summed E-state index contributed by atoms with van der Waals surface area (Å²) in [6, 6.07) is 1.62. The molecule has 1 N–H and O–H groups in total. The number of fused-ring (bicyclic) bond motifs is 1. The van der Waals surface area contributed by atoms with Gasteiger partial charge in [-0.1, -0.05) is 0 Å². The minimum absolute atomic E-state index is 0.0438. The first-order chi connectivity index (χ1) is 9.58. The Morgan fingerprint density at radius 1 is 1.15 bits per heavy atom. The van der Waals surface area contributed by atoms with Gasteiger partial charge in [-0.3, -0.25) is 14.5 Å². The highest BCUT2D eigenvalue weighted by Gasteiger charge is 2.38. The van der Waals surface area contributed by atoms with E-state index < -0.39 is 23.4 Å². The van der Waals surface area contributed by atoms with Gasteiger partial charge in [-0.25, -0.2) is 8.78 Å². The Hall–Kier alpha value is -1.82. The smallest absolute Gasteiger partial charge is 0.261 e. The first-order valence-corrected chi connectivity index (χ1v) is 6.64. The summed E-state index contributed by atoms with van der Waals surface area (Å²) in [5.41, 5.74) is -0.0877. The summed E-state index contributed by atoms with van der Waals surface area (Å²) in [4.78, 5) is 25.4. The number of hydrogen-bond donors (Lipinski definition) is 1. The van der Waals surface area contributed by atoms with Crippen molar-refractivity contribution >= 4 is 11.8 Å². The van der Waals surface area contributed by atoms with Crippen molar-refractivity contribution < 1.29 is 18.4 Å². The van der Waals surface area contributed by atoms with E-state index in [0.717, 1.165) is 43.0 Å². The van der Waals surface area contributed by atoms with E-state index in [0.29, 0.717) is 6.54 Å². The molecule has 1 unspecified atom stereocenters. The number of imide groups is 1. The highest BCUT2D eigenvalue weighted by molar-refractivity contribution is 6.21. The van der Waals surface area contributed by atoms with Crippen LogP contribution in [0.1, 0.15) is 33.6 Å². The van der Waals surface area contributed by atoms with Crippen molar-refractivity contribution in [3.63, 3.8) is 0 Å². The highest BCUT2D eigenvalue weighted by atomic mass is 19.2. The standard InChI is InChI=1S/C14H14F2N2O2/c15-11-4-9-10(5-12(11)16)14(20)18(13(9)19)7-8-2-1-3-17-6-8/h4-5,8,17H,1-3,6-7H2. The van der Waals surface area contributed by atoms with Gasteiger partial charge in [-0.2, -0.15) is 0 Å². The van der Waals surface area contributed by atoms with E-state index in [1.807, 2.05) is 0 Å². The Bertz CT molecular complexity index is 542. The average molecular weight is 280 g/mol. The van der Waals surface area contributed by atoms with Crippen LogP contribution >= 0.6 is 0 Å². The van der Waals surface area contributed by atoms with Gasteiger partial charge in [-0.15, -0.1) is 0 Å². The molecule has 1 atom stereocenters. The molecule has 0 radical (unpaired) electrons. The van der Waals surface area contributed by atoms with Crippen LogP contribution in [-0.2, 0) is 0 Å². The van der Waals surface area contributed by atoms with Crippen molar-refractivity contribution in [3.05, 3.63) is 34.9 Å². The van der Waals surface area contributed by atoms with Crippen LogP contribution < -0.4 is 5.32 Å². The third kappa shape index (κ3) is 2.10. The average Bonchev–Trinajstić information content (AvgIpc) is 2.66. The van der Waals surface area contributed by atoms with Gasteiger partial charge in [-0.05, 0) is 44.0 Å². The molecule has 0 saturated carbocycles. The van der Waals surface area contributed by atoms with Crippen LogP contribution in [0.2, 0.25) is 0 Å².